The molecule has 1 atom stereocenters. The SMILES string of the molecule is O=C(CC(F)(F)F)N1CCN(CC(O)c2ccc(F)cc2)CC1. The lowest BCUT2D eigenvalue weighted by Gasteiger charge is -2.35. The predicted octanol–water partition coefficient (Wildman–Crippen LogP) is 1.96. The monoisotopic (exact) mass is 334 g/mol. The van der Waals surface area contributed by atoms with Crippen molar-refractivity contribution in [1.29, 1.82) is 0 Å². The van der Waals surface area contributed by atoms with Crippen molar-refractivity contribution in [3.8, 4) is 0 Å². The Hall–Kier alpha value is -1.67. The Morgan fingerprint density at radius 2 is 1.70 bits per heavy atom. The normalized spacial score (nSPS) is 18.0. The molecule has 23 heavy (non-hydrogen) atoms. The maximum absolute atomic E-state index is 12.8. The Balaban J connectivity index is 1.80. The van der Waals surface area contributed by atoms with Crippen molar-refractivity contribution in [2.24, 2.45) is 0 Å². The number of rotatable bonds is 4. The van der Waals surface area contributed by atoms with Crippen LogP contribution < -0.4 is 0 Å². The second-order valence-electron chi connectivity index (χ2n) is 5.54. The van der Waals surface area contributed by atoms with Gasteiger partial charge >= 0.3 is 6.18 Å². The van der Waals surface area contributed by atoms with Gasteiger partial charge in [0.1, 0.15) is 12.2 Å². The van der Waals surface area contributed by atoms with Crippen LogP contribution in [0.15, 0.2) is 24.3 Å². The number of hydrogen-bond donors (Lipinski definition) is 1. The smallest absolute Gasteiger partial charge is 0.387 e. The first-order chi connectivity index (χ1) is 10.7. The van der Waals surface area contributed by atoms with E-state index < -0.39 is 30.4 Å². The first-order valence-electron chi connectivity index (χ1n) is 7.25. The third-order valence-corrected chi connectivity index (χ3v) is 3.76. The topological polar surface area (TPSA) is 43.8 Å². The molecule has 1 aliphatic rings. The highest BCUT2D eigenvalue weighted by Crippen LogP contribution is 2.21. The lowest BCUT2D eigenvalue weighted by molar-refractivity contribution is -0.162. The predicted molar refractivity (Wildman–Crippen MR) is 75.1 cm³/mol. The number of nitrogens with zero attached hydrogens (tertiary/aromatic N) is 2. The van der Waals surface area contributed by atoms with Gasteiger partial charge in [0.15, 0.2) is 0 Å². The summed E-state index contributed by atoms with van der Waals surface area (Å²) in [6.07, 6.45) is -6.74. The zero-order chi connectivity index (χ0) is 17.0. The summed E-state index contributed by atoms with van der Waals surface area (Å²) < 4.78 is 49.5. The molecule has 0 aliphatic carbocycles. The van der Waals surface area contributed by atoms with Gasteiger partial charge in [-0.05, 0) is 17.7 Å². The summed E-state index contributed by atoms with van der Waals surface area (Å²) >= 11 is 0. The number of halogens is 4. The average Bonchev–Trinajstić information content (AvgIpc) is 2.46. The van der Waals surface area contributed by atoms with E-state index in [1.54, 1.807) is 0 Å². The number of carbonyl (C=O) groups excluding carboxylic acids is 1. The number of alkyl halides is 3. The second kappa shape index (κ2) is 7.27. The standard InChI is InChI=1S/C15H18F4N2O2/c16-12-3-1-11(2-4-12)13(22)10-20-5-7-21(8-6-20)14(23)9-15(17,18)19/h1-4,13,22H,5-10H2. The van der Waals surface area contributed by atoms with E-state index in [2.05, 4.69) is 0 Å². The zero-order valence-corrected chi connectivity index (χ0v) is 12.4. The molecule has 1 aromatic rings. The molecule has 2 rings (SSSR count). The fraction of sp³-hybridized carbons (Fsp3) is 0.533. The molecular weight excluding hydrogens is 316 g/mol. The third-order valence-electron chi connectivity index (χ3n) is 3.76. The van der Waals surface area contributed by atoms with Crippen LogP contribution in [-0.4, -0.2) is 59.7 Å². The number of aliphatic hydroxyl groups is 1. The number of aliphatic hydroxyl groups excluding tert-OH is 1. The number of benzene rings is 1. The zero-order valence-electron chi connectivity index (χ0n) is 12.4. The molecule has 1 amide bonds. The third kappa shape index (κ3) is 5.47. The Labute approximate surface area is 131 Å². The number of hydrogen-bond acceptors (Lipinski definition) is 3. The van der Waals surface area contributed by atoms with Crippen molar-refractivity contribution in [3.63, 3.8) is 0 Å². The van der Waals surface area contributed by atoms with Gasteiger partial charge in [-0.15, -0.1) is 0 Å². The van der Waals surface area contributed by atoms with Crippen molar-refractivity contribution >= 4 is 5.91 Å². The van der Waals surface area contributed by atoms with Gasteiger partial charge in [0.2, 0.25) is 5.91 Å². The van der Waals surface area contributed by atoms with E-state index in [0.717, 1.165) is 0 Å². The Kier molecular flexibility index (Phi) is 5.59. The summed E-state index contributed by atoms with van der Waals surface area (Å²) in [5, 5.41) is 10.1. The van der Waals surface area contributed by atoms with Crippen molar-refractivity contribution in [2.75, 3.05) is 32.7 Å². The van der Waals surface area contributed by atoms with Gasteiger partial charge in [-0.3, -0.25) is 9.69 Å². The molecule has 1 aliphatic heterocycles. The minimum atomic E-state index is -4.49. The fourth-order valence-electron chi connectivity index (χ4n) is 2.50. The Bertz CT molecular complexity index is 525. The summed E-state index contributed by atoms with van der Waals surface area (Å²) in [6.45, 7) is 1.47. The molecule has 0 saturated carbocycles. The highest BCUT2D eigenvalue weighted by Gasteiger charge is 2.34. The average molecular weight is 334 g/mol. The van der Waals surface area contributed by atoms with Crippen LogP contribution >= 0.6 is 0 Å². The molecule has 1 aromatic carbocycles. The quantitative estimate of drug-likeness (QED) is 0.856. The van der Waals surface area contributed by atoms with Gasteiger partial charge in [0.05, 0.1) is 6.10 Å². The molecule has 1 saturated heterocycles. The first-order valence-corrected chi connectivity index (χ1v) is 7.25. The Morgan fingerprint density at radius 1 is 1.13 bits per heavy atom. The van der Waals surface area contributed by atoms with Gasteiger partial charge in [0.25, 0.3) is 0 Å². The largest absolute Gasteiger partial charge is 0.397 e. The highest BCUT2D eigenvalue weighted by atomic mass is 19.4. The van der Waals surface area contributed by atoms with Crippen LogP contribution in [0.3, 0.4) is 0 Å². The van der Waals surface area contributed by atoms with Crippen molar-refractivity contribution in [2.45, 2.75) is 18.7 Å². The number of β-amino-alcohol motifs (C(OH)–C–C–N with tert-alkyl or cyclic N) is 1. The molecule has 4 nitrogen and oxygen atoms in total. The molecule has 0 spiro atoms. The summed E-state index contributed by atoms with van der Waals surface area (Å²) in [7, 11) is 0. The van der Waals surface area contributed by atoms with Gasteiger partial charge in [-0.1, -0.05) is 12.1 Å². The van der Waals surface area contributed by atoms with Crippen LogP contribution in [0.25, 0.3) is 0 Å². The maximum atomic E-state index is 12.8. The van der Waals surface area contributed by atoms with Gasteiger partial charge in [-0.2, -0.15) is 13.2 Å². The van der Waals surface area contributed by atoms with E-state index in [9.17, 15) is 27.5 Å². The molecule has 1 heterocycles. The van der Waals surface area contributed by atoms with Crippen molar-refractivity contribution in [1.82, 2.24) is 9.80 Å². The van der Waals surface area contributed by atoms with E-state index in [0.29, 0.717) is 18.7 Å². The lowest BCUT2D eigenvalue weighted by Crippen LogP contribution is -2.50. The van der Waals surface area contributed by atoms with Crippen molar-refractivity contribution < 1.29 is 27.5 Å². The van der Waals surface area contributed by atoms with Gasteiger partial charge in [-0.25, -0.2) is 4.39 Å². The molecule has 0 bridgehead atoms. The molecule has 0 aromatic heterocycles. The summed E-state index contributed by atoms with van der Waals surface area (Å²) in [5.41, 5.74) is 0.571. The Morgan fingerprint density at radius 3 is 2.22 bits per heavy atom. The summed E-state index contributed by atoms with van der Waals surface area (Å²) in [6, 6.07) is 5.49. The number of carbonyl (C=O) groups is 1. The van der Waals surface area contributed by atoms with E-state index in [1.807, 2.05) is 4.90 Å². The first kappa shape index (κ1) is 17.7. The molecule has 8 heteroatoms. The molecule has 1 unspecified atom stereocenters. The minimum absolute atomic E-state index is 0.199. The minimum Gasteiger partial charge on any atom is -0.387 e. The van der Waals surface area contributed by atoms with E-state index >= 15 is 0 Å². The second-order valence-corrected chi connectivity index (χ2v) is 5.54. The van der Waals surface area contributed by atoms with E-state index in [4.69, 9.17) is 0 Å². The van der Waals surface area contributed by atoms with Crippen LogP contribution in [-0.2, 0) is 4.79 Å². The maximum Gasteiger partial charge on any atom is 0.397 e. The van der Waals surface area contributed by atoms with Crippen LogP contribution in [0.4, 0.5) is 17.6 Å². The molecule has 1 fully saturated rings. The highest BCUT2D eigenvalue weighted by molar-refractivity contribution is 5.76. The van der Waals surface area contributed by atoms with E-state index in [1.165, 1.54) is 29.2 Å². The molecule has 1 N–H and O–H groups in total. The molecule has 0 radical (unpaired) electrons. The van der Waals surface area contributed by atoms with Crippen LogP contribution in [0.1, 0.15) is 18.1 Å². The van der Waals surface area contributed by atoms with Crippen molar-refractivity contribution in [3.05, 3.63) is 35.6 Å². The van der Waals surface area contributed by atoms with E-state index in [-0.39, 0.29) is 19.6 Å². The fourth-order valence-corrected chi connectivity index (χ4v) is 2.50. The summed E-state index contributed by atoms with van der Waals surface area (Å²) in [4.78, 5) is 14.6. The number of piperazine rings is 1. The van der Waals surface area contributed by atoms with Crippen LogP contribution in [0.5, 0.6) is 0 Å². The molecular formula is C15H18F4N2O2. The van der Waals surface area contributed by atoms with Crippen LogP contribution in [0, 0.1) is 5.82 Å². The number of amides is 1. The van der Waals surface area contributed by atoms with Gasteiger partial charge in [0, 0.05) is 32.7 Å². The van der Waals surface area contributed by atoms with Crippen LogP contribution in [0.2, 0.25) is 0 Å². The molecule has 128 valence electrons. The summed E-state index contributed by atoms with van der Waals surface area (Å²) in [5.74, 6) is -1.31. The van der Waals surface area contributed by atoms with Gasteiger partial charge < -0.3 is 10.0 Å². The lowest BCUT2D eigenvalue weighted by atomic mass is 10.1.